The second-order valence-corrected chi connectivity index (χ2v) is 6.59. The smallest absolute Gasteiger partial charge is 0.321 e. The summed E-state index contributed by atoms with van der Waals surface area (Å²) in [5.74, 6) is -1.55. The van der Waals surface area contributed by atoms with E-state index in [9.17, 15) is 19.2 Å². The van der Waals surface area contributed by atoms with E-state index in [-0.39, 0.29) is 24.4 Å². The maximum absolute atomic E-state index is 12.3. The van der Waals surface area contributed by atoms with E-state index in [0.717, 1.165) is 0 Å². The molecular formula is C19H26N4O5. The molecule has 4 amide bonds. The van der Waals surface area contributed by atoms with E-state index in [1.807, 2.05) is 18.2 Å². The van der Waals surface area contributed by atoms with Crippen molar-refractivity contribution in [3.63, 3.8) is 0 Å². The Labute approximate surface area is 164 Å². The van der Waals surface area contributed by atoms with E-state index in [0.29, 0.717) is 31.6 Å². The molecule has 28 heavy (non-hydrogen) atoms. The topological polar surface area (TPSA) is 108 Å². The van der Waals surface area contributed by atoms with E-state index < -0.39 is 18.5 Å². The molecule has 1 heterocycles. The molecule has 0 spiro atoms. The maximum Gasteiger partial charge on any atom is 0.321 e. The molecule has 0 radical (unpaired) electrons. The number of likely N-dealkylation sites (N-methyl/N-ethyl adjacent to an activating group) is 2. The summed E-state index contributed by atoms with van der Waals surface area (Å²) in [5.41, 5.74) is 0.716. The molecule has 1 aromatic rings. The highest BCUT2D eigenvalue weighted by Gasteiger charge is 2.29. The lowest BCUT2D eigenvalue weighted by atomic mass is 9.97. The number of nitrogens with zero attached hydrogens (tertiary/aromatic N) is 2. The van der Waals surface area contributed by atoms with Gasteiger partial charge in [-0.2, -0.15) is 0 Å². The van der Waals surface area contributed by atoms with Crippen LogP contribution < -0.4 is 10.6 Å². The number of carbonyl (C=O) groups is 4. The van der Waals surface area contributed by atoms with Gasteiger partial charge in [0.25, 0.3) is 5.91 Å². The molecule has 0 unspecified atom stereocenters. The van der Waals surface area contributed by atoms with Crippen molar-refractivity contribution in [1.29, 1.82) is 0 Å². The minimum absolute atomic E-state index is 0.0954. The number of benzene rings is 1. The molecule has 1 fully saturated rings. The average Bonchev–Trinajstić information content (AvgIpc) is 2.72. The molecule has 1 aliphatic heterocycles. The molecule has 2 rings (SSSR count). The van der Waals surface area contributed by atoms with Crippen molar-refractivity contribution in [3.8, 4) is 0 Å². The Hall–Kier alpha value is -3.10. The molecule has 1 aromatic carbocycles. The van der Waals surface area contributed by atoms with Crippen LogP contribution in [-0.4, -0.2) is 74.0 Å². The van der Waals surface area contributed by atoms with Gasteiger partial charge in [-0.1, -0.05) is 18.2 Å². The summed E-state index contributed by atoms with van der Waals surface area (Å²) in [5, 5.41) is 5.23. The van der Waals surface area contributed by atoms with Gasteiger partial charge in [0, 0.05) is 32.9 Å². The first-order valence-electron chi connectivity index (χ1n) is 9.13. The number of esters is 1. The van der Waals surface area contributed by atoms with Crippen LogP contribution in [-0.2, 0) is 19.1 Å². The summed E-state index contributed by atoms with van der Waals surface area (Å²) in [4.78, 5) is 50.5. The minimum atomic E-state index is -0.454. The van der Waals surface area contributed by atoms with Crippen molar-refractivity contribution in [2.24, 2.45) is 5.92 Å². The maximum atomic E-state index is 12.3. The zero-order valence-electron chi connectivity index (χ0n) is 16.1. The number of ether oxygens (including phenoxy) is 1. The minimum Gasteiger partial charge on any atom is -0.455 e. The molecule has 1 saturated heterocycles. The van der Waals surface area contributed by atoms with E-state index in [1.165, 1.54) is 19.0 Å². The van der Waals surface area contributed by atoms with Gasteiger partial charge in [0.05, 0.1) is 12.5 Å². The highest BCUT2D eigenvalue weighted by Crippen LogP contribution is 2.19. The third-order valence-electron chi connectivity index (χ3n) is 4.56. The van der Waals surface area contributed by atoms with Crippen LogP contribution in [0.15, 0.2) is 30.3 Å². The van der Waals surface area contributed by atoms with Gasteiger partial charge >= 0.3 is 12.0 Å². The molecule has 9 nitrogen and oxygen atoms in total. The van der Waals surface area contributed by atoms with Gasteiger partial charge in [-0.05, 0) is 25.0 Å². The normalized spacial score (nSPS) is 14.1. The number of amides is 4. The highest BCUT2D eigenvalue weighted by molar-refractivity contribution is 5.89. The standard InChI is InChI=1S/C19H26N4O5/c1-20-16(24)12-22(2)17(25)13-28-18(26)14-8-10-23(11-9-14)19(27)21-15-6-4-3-5-7-15/h3-7,14H,8-13H2,1-2H3,(H,20,24)(H,21,27). The van der Waals surface area contributed by atoms with Crippen molar-refractivity contribution in [2.45, 2.75) is 12.8 Å². The number of hydrogen-bond donors (Lipinski definition) is 2. The zero-order valence-corrected chi connectivity index (χ0v) is 16.1. The third-order valence-corrected chi connectivity index (χ3v) is 4.56. The summed E-state index contributed by atoms with van der Waals surface area (Å²) in [7, 11) is 2.95. The first kappa shape index (κ1) is 21.2. The van der Waals surface area contributed by atoms with Gasteiger partial charge in [-0.15, -0.1) is 0 Å². The van der Waals surface area contributed by atoms with Crippen LogP contribution in [0.3, 0.4) is 0 Å². The molecule has 0 atom stereocenters. The number of carbonyl (C=O) groups excluding carboxylic acids is 4. The molecule has 152 valence electrons. The number of para-hydroxylation sites is 1. The number of rotatable bonds is 6. The van der Waals surface area contributed by atoms with Crippen LogP contribution in [0.2, 0.25) is 0 Å². The van der Waals surface area contributed by atoms with Gasteiger partial charge in [0.15, 0.2) is 6.61 Å². The molecule has 0 bridgehead atoms. The van der Waals surface area contributed by atoms with Gasteiger partial charge in [0.2, 0.25) is 5.91 Å². The fourth-order valence-corrected chi connectivity index (χ4v) is 2.79. The monoisotopic (exact) mass is 390 g/mol. The fourth-order valence-electron chi connectivity index (χ4n) is 2.79. The number of urea groups is 1. The van der Waals surface area contributed by atoms with Gasteiger partial charge < -0.3 is 25.2 Å². The Morgan fingerprint density at radius 1 is 1.14 bits per heavy atom. The number of anilines is 1. The molecular weight excluding hydrogens is 364 g/mol. The Morgan fingerprint density at radius 3 is 2.39 bits per heavy atom. The largest absolute Gasteiger partial charge is 0.455 e. The lowest BCUT2D eigenvalue weighted by Crippen LogP contribution is -2.43. The summed E-state index contributed by atoms with van der Waals surface area (Å²) >= 11 is 0. The lowest BCUT2D eigenvalue weighted by molar-refractivity contribution is -0.156. The molecule has 9 heteroatoms. The van der Waals surface area contributed by atoms with Crippen LogP contribution >= 0.6 is 0 Å². The highest BCUT2D eigenvalue weighted by atomic mass is 16.5. The lowest BCUT2D eigenvalue weighted by Gasteiger charge is -2.31. The second kappa shape index (κ2) is 10.3. The first-order valence-corrected chi connectivity index (χ1v) is 9.13. The van der Waals surface area contributed by atoms with Crippen molar-refractivity contribution < 1.29 is 23.9 Å². The van der Waals surface area contributed by atoms with Crippen molar-refractivity contribution in [2.75, 3.05) is 45.7 Å². The van der Waals surface area contributed by atoms with Crippen molar-refractivity contribution >= 4 is 29.5 Å². The Bertz CT molecular complexity index is 702. The van der Waals surface area contributed by atoms with Crippen LogP contribution in [0.4, 0.5) is 10.5 Å². The van der Waals surface area contributed by atoms with Crippen molar-refractivity contribution in [1.82, 2.24) is 15.1 Å². The van der Waals surface area contributed by atoms with Crippen LogP contribution in [0.25, 0.3) is 0 Å². The van der Waals surface area contributed by atoms with Crippen molar-refractivity contribution in [3.05, 3.63) is 30.3 Å². The molecule has 0 aliphatic carbocycles. The van der Waals surface area contributed by atoms with Gasteiger partial charge in [0.1, 0.15) is 0 Å². The van der Waals surface area contributed by atoms with E-state index in [1.54, 1.807) is 17.0 Å². The molecule has 1 aliphatic rings. The number of hydrogen-bond acceptors (Lipinski definition) is 5. The number of piperidine rings is 1. The van der Waals surface area contributed by atoms with E-state index in [2.05, 4.69) is 10.6 Å². The number of nitrogens with one attached hydrogen (secondary N) is 2. The fraction of sp³-hybridized carbons (Fsp3) is 0.474. The first-order chi connectivity index (χ1) is 13.4. The van der Waals surface area contributed by atoms with Gasteiger partial charge in [-0.3, -0.25) is 14.4 Å². The Kier molecular flexibility index (Phi) is 7.79. The SMILES string of the molecule is CNC(=O)CN(C)C(=O)COC(=O)C1CCN(C(=O)Nc2ccccc2)CC1. The molecule has 0 saturated carbocycles. The van der Waals surface area contributed by atoms with Crippen LogP contribution in [0.5, 0.6) is 0 Å². The third kappa shape index (κ3) is 6.26. The zero-order chi connectivity index (χ0) is 20.5. The number of likely N-dealkylation sites (tertiary alicyclic amines) is 1. The summed E-state index contributed by atoms with van der Waals surface area (Å²) in [6.45, 7) is 0.370. The van der Waals surface area contributed by atoms with Gasteiger partial charge in [-0.25, -0.2) is 4.79 Å². The Balaban J connectivity index is 1.72. The molecule has 2 N–H and O–H groups in total. The van der Waals surface area contributed by atoms with E-state index >= 15 is 0 Å². The average molecular weight is 390 g/mol. The Morgan fingerprint density at radius 2 is 1.79 bits per heavy atom. The van der Waals surface area contributed by atoms with Crippen LogP contribution in [0, 0.1) is 5.92 Å². The van der Waals surface area contributed by atoms with E-state index in [4.69, 9.17) is 4.74 Å². The predicted octanol–water partition coefficient (Wildman–Crippen LogP) is 0.678. The van der Waals surface area contributed by atoms with Crippen LogP contribution in [0.1, 0.15) is 12.8 Å². The molecule has 0 aromatic heterocycles. The predicted molar refractivity (Wildman–Crippen MR) is 102 cm³/mol. The summed E-state index contributed by atoms with van der Waals surface area (Å²) in [6.07, 6.45) is 0.951. The summed E-state index contributed by atoms with van der Waals surface area (Å²) < 4.78 is 5.09. The quantitative estimate of drug-likeness (QED) is 0.695. The summed E-state index contributed by atoms with van der Waals surface area (Å²) in [6, 6.07) is 8.95. The second-order valence-electron chi connectivity index (χ2n) is 6.59.